The minimum absolute atomic E-state index is 0.0199. The summed E-state index contributed by atoms with van der Waals surface area (Å²) in [5.74, 6) is 0.383. The van der Waals surface area contributed by atoms with Crippen molar-refractivity contribution >= 4 is 53.8 Å². The second kappa shape index (κ2) is 20.5. The van der Waals surface area contributed by atoms with Gasteiger partial charge in [-0.3, -0.25) is 19.0 Å². The number of nitrogens with zero attached hydrogens (tertiary/aromatic N) is 4. The van der Waals surface area contributed by atoms with Gasteiger partial charge in [-0.2, -0.15) is 0 Å². The first-order valence-electron chi connectivity index (χ1n) is 17.2. The lowest BCUT2D eigenvalue weighted by Crippen LogP contribution is -2.44. The van der Waals surface area contributed by atoms with Crippen LogP contribution in [-0.2, 0) is 25.6 Å². The van der Waals surface area contributed by atoms with Crippen LogP contribution in [0.3, 0.4) is 0 Å². The third-order valence-electron chi connectivity index (χ3n) is 8.50. The third kappa shape index (κ3) is 12.8. The third-order valence-corrected chi connectivity index (χ3v) is 8.76. The van der Waals surface area contributed by atoms with E-state index >= 15 is 0 Å². The van der Waals surface area contributed by atoms with E-state index in [9.17, 15) is 14.4 Å². The van der Waals surface area contributed by atoms with Crippen molar-refractivity contribution in [2.45, 2.75) is 64.0 Å². The lowest BCUT2D eigenvalue weighted by atomic mass is 9.85. The summed E-state index contributed by atoms with van der Waals surface area (Å²) in [5, 5.41) is 6.42. The fourth-order valence-electron chi connectivity index (χ4n) is 5.71. The molecular weight excluding hydrogens is 646 g/mol. The molecule has 266 valence electrons. The quantitative estimate of drug-likeness (QED) is 0.152. The van der Waals surface area contributed by atoms with Crippen LogP contribution in [0.2, 0.25) is 0 Å². The highest BCUT2D eigenvalue weighted by Gasteiger charge is 2.27. The van der Waals surface area contributed by atoms with E-state index in [1.807, 2.05) is 43.3 Å². The number of benzene rings is 1. The van der Waals surface area contributed by atoms with E-state index in [4.69, 9.17) is 21.1 Å². The standard InChI is InChI=1S/C36H50ClN7O5/c1-43(2)31-14-7-27(8-15-31)23-32-36(47)44(33(42-32)16-13-30-24-38-26-40-30)25-34(45)41-29-11-9-28(10-12-29)35(46)39-18-20-49-22-21-48-19-6-4-3-5-17-37/h7-8,13-16,23-24,26,28-29,42H,3-6,9-12,17-22,25H2,1-2H3,(H,39,46)(H,41,45)/b30-13+,32-23+,33-16+. The molecule has 2 aliphatic rings. The van der Waals surface area contributed by atoms with Crippen LogP contribution >= 0.6 is 11.6 Å². The Hall–Kier alpha value is -4.00. The molecule has 1 aromatic heterocycles. The zero-order chi connectivity index (χ0) is 34.8. The lowest BCUT2D eigenvalue weighted by molar-refractivity contribution is -0.126. The number of unbranched alkanes of at least 4 members (excludes halogenated alkanes) is 3. The molecule has 0 unspecified atom stereocenters. The van der Waals surface area contributed by atoms with Gasteiger partial charge in [-0.15, -0.1) is 11.6 Å². The summed E-state index contributed by atoms with van der Waals surface area (Å²) in [7, 11) is 3.94. The number of allylic oxidation sites excluding steroid dienone is 2. The van der Waals surface area contributed by atoms with Gasteiger partial charge >= 0.3 is 0 Å². The molecule has 2 heterocycles. The molecule has 2 aromatic rings. The number of nitrogens with one attached hydrogen (secondary N) is 3. The molecule has 1 aliphatic carbocycles. The van der Waals surface area contributed by atoms with Crippen LogP contribution in [0.1, 0.15) is 56.9 Å². The summed E-state index contributed by atoms with van der Waals surface area (Å²) in [5.41, 5.74) is 2.73. The molecule has 3 N–H and O–H groups in total. The molecule has 0 radical (unpaired) electrons. The highest BCUT2D eigenvalue weighted by molar-refractivity contribution is 6.17. The van der Waals surface area contributed by atoms with E-state index in [0.29, 0.717) is 74.5 Å². The fraction of sp³-hybridized carbons (Fsp3) is 0.528. The highest BCUT2D eigenvalue weighted by Crippen LogP contribution is 2.24. The Kier molecular flexibility index (Phi) is 15.8. The minimum atomic E-state index is -0.300. The van der Waals surface area contributed by atoms with Crippen molar-refractivity contribution in [1.82, 2.24) is 20.2 Å². The van der Waals surface area contributed by atoms with Crippen LogP contribution < -0.4 is 31.9 Å². The summed E-state index contributed by atoms with van der Waals surface area (Å²) in [4.78, 5) is 52.7. The van der Waals surface area contributed by atoms with E-state index in [1.165, 1.54) is 10.9 Å². The van der Waals surface area contributed by atoms with E-state index < -0.39 is 0 Å². The number of H-pyrrole nitrogens is 1. The normalized spacial score (nSPS) is 18.8. The van der Waals surface area contributed by atoms with Gasteiger partial charge in [0, 0.05) is 50.8 Å². The molecule has 4 rings (SSSR count). The smallest absolute Gasteiger partial charge is 0.276 e. The summed E-state index contributed by atoms with van der Waals surface area (Å²) < 4.78 is 12.6. The number of aromatic amines is 1. The Balaban J connectivity index is 1.23. The molecule has 0 saturated heterocycles. The van der Waals surface area contributed by atoms with Gasteiger partial charge < -0.3 is 30.0 Å². The number of carbonyl (C=O) groups is 2. The average Bonchev–Trinajstić information content (AvgIpc) is 3.72. The number of aliphatic imine (C=N–C) groups is 2. The predicted octanol–water partition coefficient (Wildman–Crippen LogP) is 2.47. The highest BCUT2D eigenvalue weighted by atomic mass is 35.5. The van der Waals surface area contributed by atoms with Gasteiger partial charge in [-0.05, 0) is 74.4 Å². The first-order valence-corrected chi connectivity index (χ1v) is 17.7. The van der Waals surface area contributed by atoms with Crippen LogP contribution in [0.25, 0.3) is 12.2 Å². The number of alkyl halides is 1. The second-order valence-corrected chi connectivity index (χ2v) is 12.8. The number of amides is 2. The largest absolute Gasteiger partial charge is 0.379 e. The van der Waals surface area contributed by atoms with Crippen molar-refractivity contribution in [2.24, 2.45) is 15.9 Å². The lowest BCUT2D eigenvalue weighted by Gasteiger charge is -2.28. The van der Waals surface area contributed by atoms with E-state index in [-0.39, 0.29) is 35.9 Å². The Morgan fingerprint density at radius 2 is 1.73 bits per heavy atom. The zero-order valence-electron chi connectivity index (χ0n) is 28.7. The SMILES string of the molecule is CN(C)c1ccc(/C=c2/[nH]/c(=C\C=C3/C=NC=N3)n(CC(=O)NC3CCC(C(=O)NCCOCCOCCCCCCCl)CC3)c2=O)cc1. The molecule has 12 nitrogen and oxygen atoms in total. The summed E-state index contributed by atoms with van der Waals surface area (Å²) >= 11 is 5.68. The van der Waals surface area contributed by atoms with Crippen LogP contribution in [-0.4, -0.2) is 92.9 Å². The first-order chi connectivity index (χ1) is 23.8. The predicted molar refractivity (Wildman–Crippen MR) is 196 cm³/mol. The maximum atomic E-state index is 13.5. The molecule has 13 heteroatoms. The Morgan fingerprint density at radius 3 is 2.43 bits per heavy atom. The van der Waals surface area contributed by atoms with E-state index in [0.717, 1.165) is 43.5 Å². The van der Waals surface area contributed by atoms with Crippen LogP contribution in [0.15, 0.2) is 50.8 Å². The van der Waals surface area contributed by atoms with Crippen molar-refractivity contribution in [3.05, 3.63) is 62.8 Å². The second-order valence-electron chi connectivity index (χ2n) is 12.5. The maximum Gasteiger partial charge on any atom is 0.276 e. The summed E-state index contributed by atoms with van der Waals surface area (Å²) in [6, 6.07) is 7.79. The van der Waals surface area contributed by atoms with Crippen LogP contribution in [0.5, 0.6) is 0 Å². The summed E-state index contributed by atoms with van der Waals surface area (Å²) in [6.07, 6.45) is 15.4. The fourth-order valence-corrected chi connectivity index (χ4v) is 5.90. The van der Waals surface area contributed by atoms with Crippen LogP contribution in [0.4, 0.5) is 5.69 Å². The van der Waals surface area contributed by atoms with Gasteiger partial charge in [0.1, 0.15) is 23.7 Å². The van der Waals surface area contributed by atoms with Crippen molar-refractivity contribution in [3.63, 3.8) is 0 Å². The van der Waals surface area contributed by atoms with Gasteiger partial charge in [-0.25, -0.2) is 9.98 Å². The van der Waals surface area contributed by atoms with Crippen molar-refractivity contribution in [1.29, 1.82) is 0 Å². The van der Waals surface area contributed by atoms with Crippen molar-refractivity contribution in [3.8, 4) is 0 Å². The Labute approximate surface area is 293 Å². The number of carbonyl (C=O) groups excluding carboxylic acids is 2. The molecule has 1 aliphatic heterocycles. The number of hydrogen-bond acceptors (Lipinski definition) is 8. The van der Waals surface area contributed by atoms with Gasteiger partial charge in [-0.1, -0.05) is 25.0 Å². The Bertz CT molecular complexity index is 1610. The number of hydrogen-bond donors (Lipinski definition) is 3. The molecule has 1 fully saturated rings. The van der Waals surface area contributed by atoms with Crippen LogP contribution in [0, 0.1) is 5.92 Å². The van der Waals surface area contributed by atoms with E-state index in [1.54, 1.807) is 24.4 Å². The average molecular weight is 696 g/mol. The van der Waals surface area contributed by atoms with Gasteiger partial charge in [0.15, 0.2) is 0 Å². The minimum Gasteiger partial charge on any atom is -0.379 e. The van der Waals surface area contributed by atoms with Crippen molar-refractivity contribution < 1.29 is 19.1 Å². The monoisotopic (exact) mass is 695 g/mol. The number of imidazole rings is 1. The molecular formula is C36H50ClN7O5. The number of ether oxygens (including phenoxy) is 2. The molecule has 0 atom stereocenters. The molecule has 1 aromatic carbocycles. The zero-order valence-corrected chi connectivity index (χ0v) is 29.4. The molecule has 0 spiro atoms. The van der Waals surface area contributed by atoms with Gasteiger partial charge in [0.25, 0.3) is 5.56 Å². The van der Waals surface area contributed by atoms with Gasteiger partial charge in [0.05, 0.1) is 31.7 Å². The molecule has 1 saturated carbocycles. The molecule has 2 amide bonds. The molecule has 49 heavy (non-hydrogen) atoms. The maximum absolute atomic E-state index is 13.5. The molecule has 0 bridgehead atoms. The number of rotatable bonds is 19. The number of anilines is 1. The van der Waals surface area contributed by atoms with Crippen molar-refractivity contribution in [2.75, 3.05) is 57.8 Å². The number of aromatic nitrogens is 2. The first kappa shape index (κ1) is 37.8. The van der Waals surface area contributed by atoms with Gasteiger partial charge in [0.2, 0.25) is 11.8 Å². The Morgan fingerprint density at radius 1 is 1.00 bits per heavy atom. The summed E-state index contributed by atoms with van der Waals surface area (Å²) in [6.45, 7) is 2.53. The topological polar surface area (TPSA) is 142 Å². The number of halogens is 1. The van der Waals surface area contributed by atoms with E-state index in [2.05, 4.69) is 25.6 Å².